The van der Waals surface area contributed by atoms with Crippen LogP contribution in [0.15, 0.2) is 79.1 Å². The first-order chi connectivity index (χ1) is 17.2. The highest BCUT2D eigenvalue weighted by molar-refractivity contribution is 5.82. The third kappa shape index (κ3) is 4.61. The standard InChI is InChI=1S/C30H33N3O3/c1-21(22-10-12-23(13-11-22)24-14-15-26-27(18-24)32(4)20-31-26)33-17-16-30(36-28(33)34,19-29(2,3)35)25-8-6-5-7-9-25/h5-15,18,20-21,35H,16-17,19H2,1-4H3/t21-,30-/m0/s1. The van der Waals surface area contributed by atoms with Gasteiger partial charge in [-0.1, -0.05) is 60.7 Å². The number of amides is 1. The molecule has 2 atom stereocenters. The van der Waals surface area contributed by atoms with Gasteiger partial charge in [0.1, 0.15) is 5.60 Å². The van der Waals surface area contributed by atoms with E-state index in [2.05, 4.69) is 41.4 Å². The van der Waals surface area contributed by atoms with E-state index in [1.807, 2.05) is 61.3 Å². The Kier molecular flexibility index (Phi) is 6.08. The maximum absolute atomic E-state index is 13.3. The maximum Gasteiger partial charge on any atom is 0.411 e. The molecule has 2 heterocycles. The lowest BCUT2D eigenvalue weighted by Crippen LogP contribution is -2.51. The molecule has 1 N–H and O–H groups in total. The number of fused-ring (bicyclic) bond motifs is 1. The number of nitrogens with zero attached hydrogens (tertiary/aromatic N) is 3. The number of carbonyl (C=O) groups is 1. The zero-order valence-electron chi connectivity index (χ0n) is 21.3. The van der Waals surface area contributed by atoms with Crippen LogP contribution in [0.4, 0.5) is 4.79 Å². The zero-order chi connectivity index (χ0) is 25.5. The molecule has 0 radical (unpaired) electrons. The number of cyclic esters (lactones) is 1. The molecule has 0 spiro atoms. The lowest BCUT2D eigenvalue weighted by atomic mass is 9.80. The highest BCUT2D eigenvalue weighted by atomic mass is 16.6. The second kappa shape index (κ2) is 9.10. The number of ether oxygens (including phenoxy) is 1. The summed E-state index contributed by atoms with van der Waals surface area (Å²) in [5, 5.41) is 10.6. The van der Waals surface area contributed by atoms with Crippen molar-refractivity contribution in [2.75, 3.05) is 6.54 Å². The minimum atomic E-state index is -0.974. The van der Waals surface area contributed by atoms with E-state index in [1.54, 1.807) is 18.7 Å². The fourth-order valence-corrected chi connectivity index (χ4v) is 5.33. The van der Waals surface area contributed by atoms with Crippen molar-refractivity contribution >= 4 is 17.1 Å². The largest absolute Gasteiger partial charge is 0.438 e. The molecule has 1 aromatic heterocycles. The molecule has 3 aromatic carbocycles. The predicted octanol–water partition coefficient (Wildman–Crippen LogP) is 6.20. The summed E-state index contributed by atoms with van der Waals surface area (Å²) in [6.07, 6.45) is 2.42. The van der Waals surface area contributed by atoms with E-state index in [9.17, 15) is 9.90 Å². The summed E-state index contributed by atoms with van der Waals surface area (Å²) >= 11 is 0. The molecule has 0 bridgehead atoms. The van der Waals surface area contributed by atoms with Gasteiger partial charge in [0, 0.05) is 26.4 Å². The van der Waals surface area contributed by atoms with Crippen molar-refractivity contribution in [2.24, 2.45) is 7.05 Å². The molecule has 1 fully saturated rings. The molecular weight excluding hydrogens is 450 g/mol. The van der Waals surface area contributed by atoms with Crippen molar-refractivity contribution in [3.05, 3.63) is 90.3 Å². The van der Waals surface area contributed by atoms with Gasteiger partial charge in [-0.25, -0.2) is 9.78 Å². The van der Waals surface area contributed by atoms with Crippen LogP contribution in [0, 0.1) is 0 Å². The first kappa shape index (κ1) is 24.1. The predicted molar refractivity (Wildman–Crippen MR) is 141 cm³/mol. The highest BCUT2D eigenvalue weighted by Crippen LogP contribution is 2.42. The molecule has 0 saturated carbocycles. The summed E-state index contributed by atoms with van der Waals surface area (Å²) < 4.78 is 8.17. The van der Waals surface area contributed by atoms with E-state index in [0.29, 0.717) is 19.4 Å². The van der Waals surface area contributed by atoms with Crippen LogP contribution in [0.1, 0.15) is 50.8 Å². The number of benzene rings is 3. The van der Waals surface area contributed by atoms with Crippen molar-refractivity contribution < 1.29 is 14.6 Å². The van der Waals surface area contributed by atoms with E-state index in [1.165, 1.54) is 0 Å². The third-order valence-corrected chi connectivity index (χ3v) is 7.21. The molecule has 0 aliphatic carbocycles. The Labute approximate surface area is 212 Å². The van der Waals surface area contributed by atoms with Gasteiger partial charge in [-0.3, -0.25) is 0 Å². The van der Waals surface area contributed by atoms with E-state index >= 15 is 0 Å². The number of imidazole rings is 1. The number of aliphatic hydroxyl groups is 1. The minimum absolute atomic E-state index is 0.137. The van der Waals surface area contributed by atoms with Gasteiger partial charge in [0.2, 0.25) is 0 Å². The van der Waals surface area contributed by atoms with Crippen LogP contribution in [0.5, 0.6) is 0 Å². The van der Waals surface area contributed by atoms with Crippen LogP contribution < -0.4 is 0 Å². The van der Waals surface area contributed by atoms with Crippen molar-refractivity contribution in [1.82, 2.24) is 14.5 Å². The molecule has 186 valence electrons. The molecule has 5 rings (SSSR count). The third-order valence-electron chi connectivity index (χ3n) is 7.21. The Hall–Kier alpha value is -3.64. The Morgan fingerprint density at radius 3 is 2.42 bits per heavy atom. The molecule has 1 aliphatic rings. The van der Waals surface area contributed by atoms with Crippen molar-refractivity contribution in [3.63, 3.8) is 0 Å². The first-order valence-electron chi connectivity index (χ1n) is 12.4. The van der Waals surface area contributed by atoms with Gasteiger partial charge in [-0.15, -0.1) is 0 Å². The fraction of sp³-hybridized carbons (Fsp3) is 0.333. The van der Waals surface area contributed by atoms with E-state index < -0.39 is 11.2 Å². The molecule has 0 unspecified atom stereocenters. The first-order valence-corrected chi connectivity index (χ1v) is 12.4. The van der Waals surface area contributed by atoms with Gasteiger partial charge in [-0.2, -0.15) is 0 Å². The van der Waals surface area contributed by atoms with Gasteiger partial charge < -0.3 is 19.3 Å². The fourth-order valence-electron chi connectivity index (χ4n) is 5.33. The number of carbonyl (C=O) groups excluding carboxylic acids is 1. The Balaban J connectivity index is 1.35. The Bertz CT molecular complexity index is 1370. The Morgan fingerprint density at radius 2 is 1.75 bits per heavy atom. The van der Waals surface area contributed by atoms with Gasteiger partial charge in [0.15, 0.2) is 0 Å². The van der Waals surface area contributed by atoms with Crippen LogP contribution >= 0.6 is 0 Å². The summed E-state index contributed by atoms with van der Waals surface area (Å²) in [4.78, 5) is 19.5. The molecule has 4 aromatic rings. The SMILES string of the molecule is C[C@@H](c1ccc(-c2ccc3ncn(C)c3c2)cc1)N1CC[C@](CC(C)(C)O)(c2ccccc2)OC1=O. The number of hydrogen-bond donors (Lipinski definition) is 1. The summed E-state index contributed by atoms with van der Waals surface area (Å²) in [6, 6.07) is 24.3. The molecule has 1 aliphatic heterocycles. The lowest BCUT2D eigenvalue weighted by molar-refractivity contribution is -0.101. The average Bonchev–Trinajstić information content (AvgIpc) is 3.23. The van der Waals surface area contributed by atoms with E-state index in [0.717, 1.165) is 33.3 Å². The van der Waals surface area contributed by atoms with Crippen LogP contribution in [0.25, 0.3) is 22.2 Å². The Morgan fingerprint density at radius 1 is 1.06 bits per heavy atom. The minimum Gasteiger partial charge on any atom is -0.438 e. The summed E-state index contributed by atoms with van der Waals surface area (Å²) in [5.41, 5.74) is 4.46. The lowest BCUT2D eigenvalue weighted by Gasteiger charge is -2.45. The average molecular weight is 484 g/mol. The summed E-state index contributed by atoms with van der Waals surface area (Å²) in [6.45, 7) is 6.09. The second-order valence-corrected chi connectivity index (χ2v) is 10.5. The smallest absolute Gasteiger partial charge is 0.411 e. The molecule has 1 amide bonds. The van der Waals surface area contributed by atoms with Crippen molar-refractivity contribution in [3.8, 4) is 11.1 Å². The van der Waals surface area contributed by atoms with Gasteiger partial charge in [0.25, 0.3) is 0 Å². The van der Waals surface area contributed by atoms with E-state index in [4.69, 9.17) is 4.74 Å². The molecular formula is C30H33N3O3. The van der Waals surface area contributed by atoms with Gasteiger partial charge in [-0.05, 0) is 55.2 Å². The highest BCUT2D eigenvalue weighted by Gasteiger charge is 2.46. The topological polar surface area (TPSA) is 67.6 Å². The molecule has 36 heavy (non-hydrogen) atoms. The zero-order valence-corrected chi connectivity index (χ0v) is 21.3. The number of aryl methyl sites for hydroxylation is 1. The number of aromatic nitrogens is 2. The number of hydrogen-bond acceptors (Lipinski definition) is 4. The maximum atomic E-state index is 13.3. The monoisotopic (exact) mass is 483 g/mol. The van der Waals surface area contributed by atoms with Crippen molar-refractivity contribution in [2.45, 2.75) is 50.9 Å². The van der Waals surface area contributed by atoms with Crippen LogP contribution in [-0.2, 0) is 17.4 Å². The summed E-state index contributed by atoms with van der Waals surface area (Å²) in [7, 11) is 2.00. The van der Waals surface area contributed by atoms with Gasteiger partial charge >= 0.3 is 6.09 Å². The van der Waals surface area contributed by atoms with Crippen molar-refractivity contribution in [1.29, 1.82) is 0 Å². The number of rotatable bonds is 6. The van der Waals surface area contributed by atoms with E-state index in [-0.39, 0.29) is 12.1 Å². The molecule has 6 heteroatoms. The van der Waals surface area contributed by atoms with Gasteiger partial charge in [0.05, 0.1) is 29.0 Å². The molecule has 1 saturated heterocycles. The second-order valence-electron chi connectivity index (χ2n) is 10.5. The van der Waals surface area contributed by atoms with Crippen LogP contribution in [-0.4, -0.2) is 37.8 Å². The summed E-state index contributed by atoms with van der Waals surface area (Å²) in [5.74, 6) is 0. The van der Waals surface area contributed by atoms with Crippen LogP contribution in [0.3, 0.4) is 0 Å². The molecule has 6 nitrogen and oxygen atoms in total. The quantitative estimate of drug-likeness (QED) is 0.355. The van der Waals surface area contributed by atoms with Crippen LogP contribution in [0.2, 0.25) is 0 Å². The normalized spacial score (nSPS) is 19.4.